The van der Waals surface area contributed by atoms with Gasteiger partial charge in [0, 0.05) is 17.8 Å². The molecule has 0 bridgehead atoms. The minimum Gasteiger partial charge on any atom is -0.462 e. The Labute approximate surface area is 190 Å². The Morgan fingerprint density at radius 3 is 2.56 bits per heavy atom. The van der Waals surface area contributed by atoms with Crippen LogP contribution in [0.15, 0.2) is 35.2 Å². The number of anilines is 1. The molecule has 0 saturated carbocycles. The third-order valence-electron chi connectivity index (χ3n) is 4.92. The molecule has 2 aromatic rings. The Morgan fingerprint density at radius 2 is 1.91 bits per heavy atom. The molecule has 11 heteroatoms. The fourth-order valence-corrected chi connectivity index (χ4v) is 5.89. The van der Waals surface area contributed by atoms with Gasteiger partial charge in [-0.2, -0.15) is 0 Å². The van der Waals surface area contributed by atoms with Crippen molar-refractivity contribution in [3.05, 3.63) is 46.3 Å². The van der Waals surface area contributed by atoms with Crippen LogP contribution in [0.3, 0.4) is 0 Å². The van der Waals surface area contributed by atoms with E-state index in [0.717, 1.165) is 10.4 Å². The second-order valence-corrected chi connectivity index (χ2v) is 10.2. The molecule has 1 N–H and O–H groups in total. The molecular weight excluding hydrogens is 456 g/mol. The summed E-state index contributed by atoms with van der Waals surface area (Å²) in [7, 11) is -2.31. The van der Waals surface area contributed by atoms with Crippen molar-refractivity contribution in [2.75, 3.05) is 31.3 Å². The SMILES string of the molecule is CCOC(=O)c1c(NC(=O)CCS(=O)(=O)c2ccccc2)sc2c1CCN(C(=O)OC)C2. The summed E-state index contributed by atoms with van der Waals surface area (Å²) in [6, 6.07) is 7.90. The highest BCUT2D eigenvalue weighted by Crippen LogP contribution is 2.38. The molecule has 1 aromatic heterocycles. The minimum absolute atomic E-state index is 0.148. The molecule has 0 atom stereocenters. The van der Waals surface area contributed by atoms with Crippen molar-refractivity contribution in [2.45, 2.75) is 31.2 Å². The van der Waals surface area contributed by atoms with Gasteiger partial charge >= 0.3 is 12.1 Å². The van der Waals surface area contributed by atoms with Crippen LogP contribution in [-0.4, -0.2) is 57.3 Å². The van der Waals surface area contributed by atoms with E-state index in [9.17, 15) is 22.8 Å². The first-order valence-corrected chi connectivity index (χ1v) is 12.5. The Morgan fingerprint density at radius 1 is 1.19 bits per heavy atom. The van der Waals surface area contributed by atoms with E-state index < -0.39 is 27.8 Å². The standard InChI is InChI=1S/C21H24N2O7S2/c1-3-30-20(25)18-15-9-11-23(21(26)29-2)13-16(15)31-19(18)22-17(24)10-12-32(27,28)14-7-5-4-6-8-14/h4-8H,3,9-13H2,1-2H3,(H,22,24). The zero-order valence-corrected chi connectivity index (χ0v) is 19.4. The van der Waals surface area contributed by atoms with Gasteiger partial charge in [0.25, 0.3) is 0 Å². The number of thiophene rings is 1. The predicted molar refractivity (Wildman–Crippen MR) is 119 cm³/mol. The molecule has 1 aliphatic rings. The van der Waals surface area contributed by atoms with Crippen LogP contribution in [0.2, 0.25) is 0 Å². The highest BCUT2D eigenvalue weighted by Gasteiger charge is 2.31. The summed E-state index contributed by atoms with van der Waals surface area (Å²) in [6.07, 6.45) is -0.331. The van der Waals surface area contributed by atoms with Crippen LogP contribution in [0, 0.1) is 0 Å². The molecule has 0 radical (unpaired) electrons. The van der Waals surface area contributed by atoms with Gasteiger partial charge < -0.3 is 19.7 Å². The first-order chi connectivity index (χ1) is 15.3. The van der Waals surface area contributed by atoms with Crippen molar-refractivity contribution in [3.8, 4) is 0 Å². The maximum absolute atomic E-state index is 12.6. The molecule has 0 saturated heterocycles. The van der Waals surface area contributed by atoms with Crippen LogP contribution >= 0.6 is 11.3 Å². The van der Waals surface area contributed by atoms with Gasteiger partial charge in [-0.25, -0.2) is 18.0 Å². The highest BCUT2D eigenvalue weighted by molar-refractivity contribution is 7.91. The number of ether oxygens (including phenoxy) is 2. The molecule has 2 amide bonds. The van der Waals surface area contributed by atoms with E-state index >= 15 is 0 Å². The molecule has 1 aliphatic heterocycles. The van der Waals surface area contributed by atoms with Crippen LogP contribution in [0.1, 0.15) is 34.1 Å². The summed E-state index contributed by atoms with van der Waals surface area (Å²) in [5, 5.41) is 2.96. The molecule has 32 heavy (non-hydrogen) atoms. The molecule has 0 unspecified atom stereocenters. The van der Waals surface area contributed by atoms with Gasteiger partial charge in [0.15, 0.2) is 9.84 Å². The Hall–Kier alpha value is -2.92. The van der Waals surface area contributed by atoms with E-state index in [-0.39, 0.29) is 35.8 Å². The number of methoxy groups -OCH3 is 1. The first kappa shape index (κ1) is 23.7. The lowest BCUT2D eigenvalue weighted by atomic mass is 10.0. The van der Waals surface area contributed by atoms with Gasteiger partial charge in [-0.05, 0) is 31.0 Å². The van der Waals surface area contributed by atoms with Crippen molar-refractivity contribution in [1.82, 2.24) is 4.90 Å². The van der Waals surface area contributed by atoms with E-state index in [1.165, 1.54) is 35.5 Å². The van der Waals surface area contributed by atoms with Crippen molar-refractivity contribution in [2.24, 2.45) is 0 Å². The number of hydrogen-bond donors (Lipinski definition) is 1. The van der Waals surface area contributed by atoms with E-state index in [0.29, 0.717) is 18.0 Å². The minimum atomic E-state index is -3.61. The summed E-state index contributed by atoms with van der Waals surface area (Å²) in [5.74, 6) is -1.46. The highest BCUT2D eigenvalue weighted by atomic mass is 32.2. The molecule has 0 spiro atoms. The predicted octanol–water partition coefficient (Wildman–Crippen LogP) is 2.85. The lowest BCUT2D eigenvalue weighted by molar-refractivity contribution is -0.115. The number of nitrogens with zero attached hydrogens (tertiary/aromatic N) is 1. The molecule has 2 heterocycles. The van der Waals surface area contributed by atoms with Crippen molar-refractivity contribution < 1.29 is 32.3 Å². The number of amides is 2. The number of carbonyl (C=O) groups excluding carboxylic acids is 3. The first-order valence-electron chi connectivity index (χ1n) is 9.99. The van der Waals surface area contributed by atoms with Crippen LogP contribution < -0.4 is 5.32 Å². The second kappa shape index (κ2) is 10.1. The number of benzene rings is 1. The number of sulfone groups is 1. The van der Waals surface area contributed by atoms with Gasteiger partial charge in [0.1, 0.15) is 5.00 Å². The second-order valence-electron chi connectivity index (χ2n) is 7.00. The largest absolute Gasteiger partial charge is 0.462 e. The maximum Gasteiger partial charge on any atom is 0.409 e. The third-order valence-corrected chi connectivity index (χ3v) is 7.79. The molecule has 0 aliphatic carbocycles. The number of esters is 1. The van der Waals surface area contributed by atoms with Crippen LogP contribution in [0.4, 0.5) is 9.80 Å². The number of fused-ring (bicyclic) bond motifs is 1. The zero-order valence-electron chi connectivity index (χ0n) is 17.8. The monoisotopic (exact) mass is 480 g/mol. The smallest absolute Gasteiger partial charge is 0.409 e. The summed E-state index contributed by atoms with van der Waals surface area (Å²) in [5.41, 5.74) is 0.983. The quantitative estimate of drug-likeness (QED) is 0.605. The average Bonchev–Trinajstić information content (AvgIpc) is 3.15. The summed E-state index contributed by atoms with van der Waals surface area (Å²) < 4.78 is 34.8. The molecule has 172 valence electrons. The van der Waals surface area contributed by atoms with Gasteiger partial charge in [0.05, 0.1) is 36.5 Å². The van der Waals surface area contributed by atoms with Crippen molar-refractivity contribution >= 4 is 44.1 Å². The summed E-state index contributed by atoms with van der Waals surface area (Å²) in [6.45, 7) is 2.46. The van der Waals surface area contributed by atoms with Crippen LogP contribution in [-0.2, 0) is 37.1 Å². The van der Waals surface area contributed by atoms with Gasteiger partial charge in [-0.15, -0.1) is 11.3 Å². The number of hydrogen-bond acceptors (Lipinski definition) is 8. The van der Waals surface area contributed by atoms with Crippen molar-refractivity contribution in [1.29, 1.82) is 0 Å². The normalized spacial score (nSPS) is 13.2. The van der Waals surface area contributed by atoms with Gasteiger partial charge in [-0.1, -0.05) is 18.2 Å². The van der Waals surface area contributed by atoms with Crippen LogP contribution in [0.25, 0.3) is 0 Å². The maximum atomic E-state index is 12.6. The lowest BCUT2D eigenvalue weighted by Gasteiger charge is -2.25. The molecule has 1 aromatic carbocycles. The van der Waals surface area contributed by atoms with E-state index in [1.54, 1.807) is 25.1 Å². The van der Waals surface area contributed by atoms with Gasteiger partial charge in [0.2, 0.25) is 5.91 Å². The van der Waals surface area contributed by atoms with Crippen molar-refractivity contribution in [3.63, 3.8) is 0 Å². The average molecular weight is 481 g/mol. The fraction of sp³-hybridized carbons (Fsp3) is 0.381. The molecule has 3 rings (SSSR count). The Balaban J connectivity index is 1.78. The molecule has 9 nitrogen and oxygen atoms in total. The third kappa shape index (κ3) is 5.28. The number of rotatable bonds is 7. The van der Waals surface area contributed by atoms with Crippen LogP contribution in [0.5, 0.6) is 0 Å². The summed E-state index contributed by atoms with van der Waals surface area (Å²) >= 11 is 1.17. The number of carbonyl (C=O) groups is 3. The fourth-order valence-electron chi connectivity index (χ4n) is 3.36. The molecular formula is C21H24N2O7S2. The zero-order chi connectivity index (χ0) is 23.3. The van der Waals surface area contributed by atoms with E-state index in [4.69, 9.17) is 9.47 Å². The number of nitrogens with one attached hydrogen (secondary N) is 1. The topological polar surface area (TPSA) is 119 Å². The summed E-state index contributed by atoms with van der Waals surface area (Å²) in [4.78, 5) is 39.4. The lowest BCUT2D eigenvalue weighted by Crippen LogP contribution is -2.35. The molecule has 0 fully saturated rings. The van der Waals surface area contributed by atoms with Gasteiger partial charge in [-0.3, -0.25) is 4.79 Å². The Bertz CT molecular complexity index is 1110. The van der Waals surface area contributed by atoms with E-state index in [1.807, 2.05) is 0 Å². The van der Waals surface area contributed by atoms with E-state index in [2.05, 4.69) is 5.32 Å². The Kier molecular flexibility index (Phi) is 7.52.